The molecule has 0 aliphatic heterocycles. The van der Waals surface area contributed by atoms with E-state index in [9.17, 15) is 4.79 Å². The van der Waals surface area contributed by atoms with Crippen LogP contribution >= 0.6 is 15.9 Å². The molecule has 0 radical (unpaired) electrons. The second-order valence-corrected chi connectivity index (χ2v) is 4.39. The van der Waals surface area contributed by atoms with Gasteiger partial charge in [-0.1, -0.05) is 22.0 Å². The number of hydrogen-bond acceptors (Lipinski definition) is 1. The Morgan fingerprint density at radius 3 is 2.69 bits per heavy atom. The Bertz CT molecular complexity index is 546. The number of carboxylic acids is 1. The smallest absolute Gasteiger partial charge is 0.337 e. The summed E-state index contributed by atoms with van der Waals surface area (Å²) in [5, 5.41) is 8.96. The molecule has 4 heteroatoms. The van der Waals surface area contributed by atoms with E-state index in [-0.39, 0.29) is 0 Å². The molecule has 0 unspecified atom stereocenters. The summed E-state index contributed by atoms with van der Waals surface area (Å²) < 4.78 is 2.82. The lowest BCUT2D eigenvalue weighted by Crippen LogP contribution is -2.00. The van der Waals surface area contributed by atoms with Crippen molar-refractivity contribution in [3.8, 4) is 5.69 Å². The molecule has 0 spiro atoms. The Morgan fingerprint density at radius 1 is 1.38 bits per heavy atom. The van der Waals surface area contributed by atoms with Crippen LogP contribution in [-0.4, -0.2) is 15.6 Å². The van der Waals surface area contributed by atoms with E-state index in [0.29, 0.717) is 5.56 Å². The Labute approximate surface area is 101 Å². The molecular weight excluding hydrogens is 270 g/mol. The van der Waals surface area contributed by atoms with E-state index in [1.165, 1.54) is 0 Å². The molecule has 3 nitrogen and oxygen atoms in total. The topological polar surface area (TPSA) is 42.2 Å². The highest BCUT2D eigenvalue weighted by atomic mass is 79.9. The van der Waals surface area contributed by atoms with Gasteiger partial charge in [-0.2, -0.15) is 0 Å². The first-order valence-electron chi connectivity index (χ1n) is 4.77. The van der Waals surface area contributed by atoms with Gasteiger partial charge in [0.05, 0.1) is 5.56 Å². The van der Waals surface area contributed by atoms with E-state index < -0.39 is 5.97 Å². The van der Waals surface area contributed by atoms with Gasteiger partial charge in [0.15, 0.2) is 0 Å². The summed E-state index contributed by atoms with van der Waals surface area (Å²) >= 11 is 3.39. The van der Waals surface area contributed by atoms with Crippen LogP contribution in [0.15, 0.2) is 41.0 Å². The molecular formula is C12H10BrNO2. The molecule has 0 saturated carbocycles. The van der Waals surface area contributed by atoms with Gasteiger partial charge < -0.3 is 9.67 Å². The van der Waals surface area contributed by atoms with Gasteiger partial charge in [-0.05, 0) is 31.2 Å². The van der Waals surface area contributed by atoms with Crippen LogP contribution < -0.4 is 0 Å². The van der Waals surface area contributed by atoms with Crippen molar-refractivity contribution in [3.05, 3.63) is 52.3 Å². The summed E-state index contributed by atoms with van der Waals surface area (Å²) in [6.45, 7) is 1.80. The first-order chi connectivity index (χ1) is 7.59. The minimum absolute atomic E-state index is 0.333. The van der Waals surface area contributed by atoms with Crippen molar-refractivity contribution in [2.75, 3.05) is 0 Å². The molecule has 0 bridgehead atoms. The summed E-state index contributed by atoms with van der Waals surface area (Å²) in [5.74, 6) is -0.897. The second kappa shape index (κ2) is 4.14. The minimum atomic E-state index is -0.897. The Balaban J connectivity index is 2.53. The molecule has 1 heterocycles. The van der Waals surface area contributed by atoms with E-state index in [2.05, 4.69) is 15.9 Å². The first kappa shape index (κ1) is 11.0. The third-order valence-corrected chi connectivity index (χ3v) is 2.95. The maximum Gasteiger partial charge on any atom is 0.337 e. The van der Waals surface area contributed by atoms with Crippen LogP contribution in [0.1, 0.15) is 16.1 Å². The fourth-order valence-electron chi connectivity index (χ4n) is 1.64. The Kier molecular flexibility index (Phi) is 2.83. The van der Waals surface area contributed by atoms with Gasteiger partial charge in [0.25, 0.3) is 0 Å². The maximum atomic E-state index is 10.9. The van der Waals surface area contributed by atoms with Crippen molar-refractivity contribution in [2.24, 2.45) is 0 Å². The zero-order valence-corrected chi connectivity index (χ0v) is 10.2. The highest BCUT2D eigenvalue weighted by Crippen LogP contribution is 2.19. The average Bonchev–Trinajstić information content (AvgIpc) is 2.60. The first-order valence-corrected chi connectivity index (χ1v) is 5.56. The van der Waals surface area contributed by atoms with Crippen LogP contribution in [0.3, 0.4) is 0 Å². The third-order valence-electron chi connectivity index (χ3n) is 2.46. The van der Waals surface area contributed by atoms with Crippen molar-refractivity contribution >= 4 is 21.9 Å². The number of aromatic nitrogens is 1. The minimum Gasteiger partial charge on any atom is -0.478 e. The van der Waals surface area contributed by atoms with Gasteiger partial charge in [-0.25, -0.2) is 4.79 Å². The Morgan fingerprint density at radius 2 is 2.12 bits per heavy atom. The second-order valence-electron chi connectivity index (χ2n) is 3.47. The summed E-state index contributed by atoms with van der Waals surface area (Å²) in [4.78, 5) is 10.9. The summed E-state index contributed by atoms with van der Waals surface area (Å²) in [5.41, 5.74) is 2.00. The molecule has 0 fully saturated rings. The predicted octanol–water partition coefficient (Wildman–Crippen LogP) is 3.25. The molecule has 2 rings (SSSR count). The summed E-state index contributed by atoms with van der Waals surface area (Å²) in [6.07, 6.45) is 1.76. The monoisotopic (exact) mass is 279 g/mol. The molecule has 1 N–H and O–H groups in total. The van der Waals surface area contributed by atoms with Crippen LogP contribution in [0.4, 0.5) is 0 Å². The number of aromatic carboxylic acids is 1. The van der Waals surface area contributed by atoms with Gasteiger partial charge in [-0.3, -0.25) is 0 Å². The standard InChI is InChI=1S/C12H10BrNO2/c1-8-11(12(15)16)5-6-14(8)10-4-2-3-9(13)7-10/h2-7H,1H3,(H,15,16). The predicted molar refractivity (Wildman–Crippen MR) is 65.2 cm³/mol. The van der Waals surface area contributed by atoms with Crippen molar-refractivity contribution in [2.45, 2.75) is 6.92 Å². The maximum absolute atomic E-state index is 10.9. The highest BCUT2D eigenvalue weighted by Gasteiger charge is 2.11. The highest BCUT2D eigenvalue weighted by molar-refractivity contribution is 9.10. The van der Waals surface area contributed by atoms with E-state index >= 15 is 0 Å². The largest absolute Gasteiger partial charge is 0.478 e. The number of halogens is 1. The van der Waals surface area contributed by atoms with E-state index in [1.807, 2.05) is 28.8 Å². The normalized spacial score (nSPS) is 10.4. The molecule has 0 aliphatic carbocycles. The van der Waals surface area contributed by atoms with Gasteiger partial charge in [0.2, 0.25) is 0 Å². The van der Waals surface area contributed by atoms with Gasteiger partial charge >= 0.3 is 5.97 Å². The fourth-order valence-corrected chi connectivity index (χ4v) is 2.03. The molecule has 16 heavy (non-hydrogen) atoms. The van der Waals surface area contributed by atoms with E-state index in [4.69, 9.17) is 5.11 Å². The molecule has 2 aromatic rings. The van der Waals surface area contributed by atoms with Gasteiger partial charge in [0, 0.05) is 22.1 Å². The zero-order valence-electron chi connectivity index (χ0n) is 8.64. The van der Waals surface area contributed by atoms with Crippen LogP contribution in [-0.2, 0) is 0 Å². The molecule has 0 saturated heterocycles. The van der Waals surface area contributed by atoms with Crippen LogP contribution in [0.25, 0.3) is 5.69 Å². The van der Waals surface area contributed by atoms with Crippen molar-refractivity contribution in [1.82, 2.24) is 4.57 Å². The number of hydrogen-bond donors (Lipinski definition) is 1. The molecule has 82 valence electrons. The van der Waals surface area contributed by atoms with E-state index in [1.54, 1.807) is 19.2 Å². The number of benzene rings is 1. The van der Waals surface area contributed by atoms with Crippen LogP contribution in [0.5, 0.6) is 0 Å². The quantitative estimate of drug-likeness (QED) is 0.917. The van der Waals surface area contributed by atoms with Crippen LogP contribution in [0, 0.1) is 6.92 Å². The zero-order chi connectivity index (χ0) is 11.7. The molecule has 0 atom stereocenters. The number of carboxylic acid groups (broad SMARTS) is 1. The number of carbonyl (C=O) groups is 1. The Hall–Kier alpha value is -1.55. The number of nitrogens with zero attached hydrogens (tertiary/aromatic N) is 1. The van der Waals surface area contributed by atoms with Gasteiger partial charge in [0.1, 0.15) is 0 Å². The lowest BCUT2D eigenvalue weighted by atomic mass is 10.2. The van der Waals surface area contributed by atoms with Gasteiger partial charge in [-0.15, -0.1) is 0 Å². The lowest BCUT2D eigenvalue weighted by molar-refractivity contribution is 0.0696. The lowest BCUT2D eigenvalue weighted by Gasteiger charge is -2.06. The molecule has 0 amide bonds. The van der Waals surface area contributed by atoms with Crippen LogP contribution in [0.2, 0.25) is 0 Å². The molecule has 0 aliphatic rings. The average molecular weight is 280 g/mol. The van der Waals surface area contributed by atoms with Crippen molar-refractivity contribution in [1.29, 1.82) is 0 Å². The van der Waals surface area contributed by atoms with Crippen molar-refractivity contribution in [3.63, 3.8) is 0 Å². The van der Waals surface area contributed by atoms with Crippen molar-refractivity contribution < 1.29 is 9.90 Å². The third kappa shape index (κ3) is 1.88. The molecule has 1 aromatic carbocycles. The SMILES string of the molecule is Cc1c(C(=O)O)ccn1-c1cccc(Br)c1. The van der Waals surface area contributed by atoms with E-state index in [0.717, 1.165) is 15.9 Å². The summed E-state index contributed by atoms with van der Waals surface area (Å²) in [6, 6.07) is 9.33. The molecule has 1 aromatic heterocycles. The summed E-state index contributed by atoms with van der Waals surface area (Å²) in [7, 11) is 0. The fraction of sp³-hybridized carbons (Fsp3) is 0.0833. The number of rotatable bonds is 2.